The second-order valence-corrected chi connectivity index (χ2v) is 9.16. The van der Waals surface area contributed by atoms with Crippen LogP contribution in [0.5, 0.6) is 0 Å². The fourth-order valence-corrected chi connectivity index (χ4v) is 4.58. The number of hydrogen-bond acceptors (Lipinski definition) is 4. The molecule has 3 rings (SSSR count). The SMILES string of the molecule is CCC(CC)(NC(=O)OCC1c2ccccc2-c2ccccc21)C(=O)N[C@@H](CC(=O)O)C(C)C. The number of nitrogens with one attached hydrogen (secondary N) is 2. The van der Waals surface area contributed by atoms with Crippen LogP contribution in [0.2, 0.25) is 0 Å². The Bertz CT molecular complexity index is 999. The fourth-order valence-electron chi connectivity index (χ4n) is 4.58. The molecule has 34 heavy (non-hydrogen) atoms. The summed E-state index contributed by atoms with van der Waals surface area (Å²) < 4.78 is 5.64. The van der Waals surface area contributed by atoms with E-state index in [-0.39, 0.29) is 24.9 Å². The maximum Gasteiger partial charge on any atom is 0.408 e. The van der Waals surface area contributed by atoms with Crippen LogP contribution in [0.4, 0.5) is 4.79 Å². The topological polar surface area (TPSA) is 105 Å². The zero-order chi connectivity index (χ0) is 24.9. The number of carboxylic acids is 1. The number of alkyl carbamates (subject to hydrolysis) is 1. The second kappa shape index (κ2) is 10.7. The Morgan fingerprint density at radius 1 is 0.971 bits per heavy atom. The largest absolute Gasteiger partial charge is 0.481 e. The van der Waals surface area contributed by atoms with Gasteiger partial charge in [-0.15, -0.1) is 0 Å². The Morgan fingerprint density at radius 2 is 1.50 bits per heavy atom. The van der Waals surface area contributed by atoms with E-state index in [0.29, 0.717) is 12.8 Å². The highest BCUT2D eigenvalue weighted by Gasteiger charge is 2.39. The third-order valence-corrected chi connectivity index (χ3v) is 6.84. The average Bonchev–Trinajstić information content (AvgIpc) is 3.14. The predicted molar refractivity (Wildman–Crippen MR) is 131 cm³/mol. The molecular weight excluding hydrogens is 432 g/mol. The Hall–Kier alpha value is -3.35. The van der Waals surface area contributed by atoms with Gasteiger partial charge in [-0.05, 0) is 41.0 Å². The minimum atomic E-state index is -1.19. The lowest BCUT2D eigenvalue weighted by Gasteiger charge is -2.33. The molecule has 7 nitrogen and oxygen atoms in total. The van der Waals surface area contributed by atoms with Crippen LogP contribution in [-0.4, -0.2) is 41.3 Å². The van der Waals surface area contributed by atoms with Gasteiger partial charge in [0, 0.05) is 12.0 Å². The Balaban J connectivity index is 1.71. The van der Waals surface area contributed by atoms with Gasteiger partial charge in [-0.2, -0.15) is 0 Å². The molecule has 1 aliphatic rings. The molecule has 0 saturated heterocycles. The van der Waals surface area contributed by atoms with Crippen LogP contribution in [0.15, 0.2) is 48.5 Å². The smallest absolute Gasteiger partial charge is 0.408 e. The summed E-state index contributed by atoms with van der Waals surface area (Å²) >= 11 is 0. The molecule has 1 atom stereocenters. The van der Waals surface area contributed by atoms with Gasteiger partial charge >= 0.3 is 12.1 Å². The molecule has 0 aromatic heterocycles. The number of carbonyl (C=O) groups excluding carboxylic acids is 2. The first kappa shape index (κ1) is 25.3. The van der Waals surface area contributed by atoms with Crippen molar-refractivity contribution in [1.29, 1.82) is 0 Å². The molecule has 0 saturated carbocycles. The zero-order valence-electron chi connectivity index (χ0n) is 20.3. The van der Waals surface area contributed by atoms with Crippen LogP contribution in [-0.2, 0) is 14.3 Å². The van der Waals surface area contributed by atoms with Crippen LogP contribution >= 0.6 is 0 Å². The number of hydrogen-bond donors (Lipinski definition) is 3. The van der Waals surface area contributed by atoms with Gasteiger partial charge in [0.2, 0.25) is 5.91 Å². The summed E-state index contributed by atoms with van der Waals surface area (Å²) in [6.45, 7) is 7.49. The summed E-state index contributed by atoms with van der Waals surface area (Å²) in [5, 5.41) is 14.8. The Labute approximate surface area is 200 Å². The van der Waals surface area contributed by atoms with Gasteiger partial charge in [0.15, 0.2) is 0 Å². The molecule has 3 N–H and O–H groups in total. The molecule has 0 aliphatic heterocycles. The Morgan fingerprint density at radius 3 is 1.97 bits per heavy atom. The Kier molecular flexibility index (Phi) is 7.97. The molecule has 2 aromatic carbocycles. The number of fused-ring (bicyclic) bond motifs is 3. The number of rotatable bonds is 10. The third kappa shape index (κ3) is 5.24. The molecule has 0 unspecified atom stereocenters. The molecule has 182 valence electrons. The molecule has 0 fully saturated rings. The summed E-state index contributed by atoms with van der Waals surface area (Å²) in [5.41, 5.74) is 3.32. The van der Waals surface area contributed by atoms with Crippen molar-refractivity contribution in [3.05, 3.63) is 59.7 Å². The van der Waals surface area contributed by atoms with Crippen LogP contribution in [0.25, 0.3) is 11.1 Å². The number of aliphatic carboxylic acids is 1. The van der Waals surface area contributed by atoms with Crippen molar-refractivity contribution in [3.8, 4) is 11.1 Å². The monoisotopic (exact) mass is 466 g/mol. The van der Waals surface area contributed by atoms with Gasteiger partial charge in [0.1, 0.15) is 12.1 Å². The van der Waals surface area contributed by atoms with Gasteiger partial charge in [0.05, 0.1) is 6.42 Å². The first-order valence-electron chi connectivity index (χ1n) is 11.9. The number of carbonyl (C=O) groups is 3. The fraction of sp³-hybridized carbons (Fsp3) is 0.444. The summed E-state index contributed by atoms with van der Waals surface area (Å²) in [4.78, 5) is 37.2. The van der Waals surface area contributed by atoms with E-state index in [1.807, 2.05) is 64.1 Å². The zero-order valence-corrected chi connectivity index (χ0v) is 20.3. The standard InChI is InChI=1S/C27H34N2O5/c1-5-27(6-2,25(32)28-23(17(3)4)15-24(30)31)29-26(33)34-16-22-20-13-9-7-11-18(20)19-12-8-10-14-21(19)22/h7-14,17,22-23H,5-6,15-16H2,1-4H3,(H,28,32)(H,29,33)(H,30,31)/t23-/m0/s1. The quantitative estimate of drug-likeness (QED) is 0.471. The van der Waals surface area contributed by atoms with E-state index >= 15 is 0 Å². The van der Waals surface area contributed by atoms with Gasteiger partial charge in [-0.1, -0.05) is 76.2 Å². The molecule has 0 spiro atoms. The van der Waals surface area contributed by atoms with Gasteiger partial charge in [-0.25, -0.2) is 4.79 Å². The predicted octanol–water partition coefficient (Wildman–Crippen LogP) is 4.70. The maximum atomic E-state index is 13.2. The van der Waals surface area contributed by atoms with E-state index in [0.717, 1.165) is 22.3 Å². The first-order chi connectivity index (χ1) is 16.2. The summed E-state index contributed by atoms with van der Waals surface area (Å²) in [5.74, 6) is -1.53. The number of ether oxygens (including phenoxy) is 1. The molecular formula is C27H34N2O5. The first-order valence-corrected chi connectivity index (χ1v) is 11.9. The van der Waals surface area contributed by atoms with Crippen LogP contribution < -0.4 is 10.6 Å². The third-order valence-electron chi connectivity index (χ3n) is 6.84. The lowest BCUT2D eigenvalue weighted by atomic mass is 9.90. The molecule has 0 heterocycles. The number of amides is 2. The molecule has 1 aliphatic carbocycles. The summed E-state index contributed by atoms with van der Waals surface area (Å²) in [6, 6.07) is 15.6. The molecule has 2 amide bonds. The van der Waals surface area contributed by atoms with Crippen molar-refractivity contribution in [3.63, 3.8) is 0 Å². The van der Waals surface area contributed by atoms with E-state index in [4.69, 9.17) is 4.74 Å². The van der Waals surface area contributed by atoms with E-state index in [1.165, 1.54) is 0 Å². The van der Waals surface area contributed by atoms with Crippen molar-refractivity contribution in [2.75, 3.05) is 6.61 Å². The van der Waals surface area contributed by atoms with E-state index in [2.05, 4.69) is 22.8 Å². The van der Waals surface area contributed by atoms with Crippen molar-refractivity contribution in [1.82, 2.24) is 10.6 Å². The van der Waals surface area contributed by atoms with E-state index < -0.39 is 29.6 Å². The summed E-state index contributed by atoms with van der Waals surface area (Å²) in [6.07, 6.45) is -0.160. The normalized spacial score (nSPS) is 13.7. The number of benzene rings is 2. The lowest BCUT2D eigenvalue weighted by molar-refractivity contribution is -0.138. The van der Waals surface area contributed by atoms with Crippen molar-refractivity contribution < 1.29 is 24.2 Å². The van der Waals surface area contributed by atoms with Gasteiger partial charge < -0.3 is 20.5 Å². The highest BCUT2D eigenvalue weighted by atomic mass is 16.5. The van der Waals surface area contributed by atoms with Gasteiger partial charge in [-0.3, -0.25) is 9.59 Å². The number of carboxylic acid groups (broad SMARTS) is 1. The highest BCUT2D eigenvalue weighted by molar-refractivity contribution is 5.90. The average molecular weight is 467 g/mol. The highest BCUT2D eigenvalue weighted by Crippen LogP contribution is 2.44. The van der Waals surface area contributed by atoms with Crippen molar-refractivity contribution in [2.45, 2.75) is 64.5 Å². The lowest BCUT2D eigenvalue weighted by Crippen LogP contribution is -2.60. The minimum absolute atomic E-state index is 0.0686. The van der Waals surface area contributed by atoms with Gasteiger partial charge in [0.25, 0.3) is 0 Å². The van der Waals surface area contributed by atoms with E-state index in [9.17, 15) is 19.5 Å². The molecule has 7 heteroatoms. The second-order valence-electron chi connectivity index (χ2n) is 9.16. The van der Waals surface area contributed by atoms with Crippen molar-refractivity contribution in [2.24, 2.45) is 5.92 Å². The van der Waals surface area contributed by atoms with E-state index in [1.54, 1.807) is 0 Å². The molecule has 0 radical (unpaired) electrons. The van der Waals surface area contributed by atoms with Crippen LogP contribution in [0.1, 0.15) is 64.0 Å². The van der Waals surface area contributed by atoms with Crippen LogP contribution in [0, 0.1) is 5.92 Å². The minimum Gasteiger partial charge on any atom is -0.481 e. The molecule has 0 bridgehead atoms. The maximum absolute atomic E-state index is 13.2. The summed E-state index contributed by atoms with van der Waals surface area (Å²) in [7, 11) is 0. The van der Waals surface area contributed by atoms with Crippen LogP contribution in [0.3, 0.4) is 0 Å². The van der Waals surface area contributed by atoms with Crippen molar-refractivity contribution >= 4 is 18.0 Å². The molecule has 2 aromatic rings.